The van der Waals surface area contributed by atoms with Crippen molar-refractivity contribution in [3.63, 3.8) is 0 Å². The van der Waals surface area contributed by atoms with Crippen molar-refractivity contribution in [3.8, 4) is 22.9 Å². The van der Waals surface area contributed by atoms with Crippen molar-refractivity contribution in [2.24, 2.45) is 0 Å². The SMILES string of the molecule is CC(C)Oc1ccc(Oc2ccc3c(c2)c(C(=O)O)c(CC(=O)O)n3-c2ccc(C(C)C)cc2)cc1. The fourth-order valence-corrected chi connectivity index (χ4v) is 4.23. The van der Waals surface area contributed by atoms with E-state index in [9.17, 15) is 19.8 Å². The van der Waals surface area contributed by atoms with Gasteiger partial charge in [0.15, 0.2) is 0 Å². The largest absolute Gasteiger partial charge is 0.491 e. The average Bonchev–Trinajstić information content (AvgIpc) is 3.12. The van der Waals surface area contributed by atoms with E-state index in [2.05, 4.69) is 13.8 Å². The van der Waals surface area contributed by atoms with Crippen molar-refractivity contribution in [2.75, 3.05) is 0 Å². The van der Waals surface area contributed by atoms with Crippen LogP contribution in [0.25, 0.3) is 16.6 Å². The number of ether oxygens (including phenoxy) is 2. The van der Waals surface area contributed by atoms with Gasteiger partial charge in [-0.25, -0.2) is 4.79 Å². The van der Waals surface area contributed by atoms with Crippen LogP contribution in [0.4, 0.5) is 0 Å². The third-order valence-electron chi connectivity index (χ3n) is 5.82. The molecule has 7 nitrogen and oxygen atoms in total. The lowest BCUT2D eigenvalue weighted by Crippen LogP contribution is -2.11. The van der Waals surface area contributed by atoms with Gasteiger partial charge >= 0.3 is 11.9 Å². The van der Waals surface area contributed by atoms with Gasteiger partial charge in [-0.3, -0.25) is 4.79 Å². The summed E-state index contributed by atoms with van der Waals surface area (Å²) in [4.78, 5) is 24.0. The Morgan fingerprint density at radius 3 is 2.00 bits per heavy atom. The van der Waals surface area contributed by atoms with Crippen molar-refractivity contribution in [3.05, 3.63) is 83.6 Å². The molecule has 0 radical (unpaired) electrons. The summed E-state index contributed by atoms with van der Waals surface area (Å²) in [5.41, 5.74) is 2.58. The van der Waals surface area contributed by atoms with Crippen molar-refractivity contribution in [1.29, 1.82) is 0 Å². The minimum Gasteiger partial charge on any atom is -0.491 e. The Bertz CT molecular complexity index is 1400. The van der Waals surface area contributed by atoms with Crippen LogP contribution in [0.5, 0.6) is 17.2 Å². The molecule has 0 fully saturated rings. The van der Waals surface area contributed by atoms with Crippen LogP contribution in [0.2, 0.25) is 0 Å². The van der Waals surface area contributed by atoms with Crippen molar-refractivity contribution < 1.29 is 29.3 Å². The Labute approximate surface area is 209 Å². The second-order valence-electron chi connectivity index (χ2n) is 9.20. The van der Waals surface area contributed by atoms with Crippen LogP contribution in [0.3, 0.4) is 0 Å². The lowest BCUT2D eigenvalue weighted by Gasteiger charge is -2.13. The molecule has 0 atom stereocenters. The Morgan fingerprint density at radius 2 is 1.44 bits per heavy atom. The van der Waals surface area contributed by atoms with Gasteiger partial charge in [0.25, 0.3) is 0 Å². The molecule has 0 aliphatic carbocycles. The minimum absolute atomic E-state index is 0.0496. The maximum absolute atomic E-state index is 12.3. The molecule has 0 aliphatic heterocycles. The summed E-state index contributed by atoms with van der Waals surface area (Å²) in [5, 5.41) is 20.1. The van der Waals surface area contributed by atoms with Crippen molar-refractivity contribution >= 4 is 22.8 Å². The number of hydrogen-bond donors (Lipinski definition) is 2. The minimum atomic E-state index is -1.19. The van der Waals surface area contributed by atoms with Crippen LogP contribution < -0.4 is 9.47 Å². The number of aliphatic carboxylic acids is 1. The first kappa shape index (κ1) is 24.9. The van der Waals surface area contributed by atoms with Gasteiger partial charge in [-0.15, -0.1) is 0 Å². The number of rotatable bonds is 9. The summed E-state index contributed by atoms with van der Waals surface area (Å²) in [6.45, 7) is 8.07. The van der Waals surface area contributed by atoms with E-state index < -0.39 is 18.4 Å². The molecule has 0 amide bonds. The molecule has 7 heteroatoms. The predicted molar refractivity (Wildman–Crippen MR) is 138 cm³/mol. The number of carboxylic acids is 2. The van der Waals surface area contributed by atoms with Gasteiger partial charge in [-0.05, 0) is 79.9 Å². The van der Waals surface area contributed by atoms with Gasteiger partial charge in [-0.1, -0.05) is 26.0 Å². The van der Waals surface area contributed by atoms with E-state index in [1.165, 1.54) is 0 Å². The Balaban J connectivity index is 1.81. The molecule has 1 heterocycles. The highest BCUT2D eigenvalue weighted by atomic mass is 16.5. The standard InChI is InChI=1S/C29H29NO6/c1-17(2)19-5-7-20(8-6-19)30-25-14-13-23(36-22-11-9-21(10-12-22)35-18(3)4)15-24(25)28(29(33)34)26(30)16-27(31)32/h5-15,17-18H,16H2,1-4H3,(H,31,32)(H,33,34). The number of aromatic carboxylic acids is 1. The summed E-state index contributed by atoms with van der Waals surface area (Å²) in [7, 11) is 0. The molecule has 3 aromatic carbocycles. The summed E-state index contributed by atoms with van der Waals surface area (Å²) in [6, 6.07) is 20.0. The molecule has 0 aliphatic rings. The zero-order valence-electron chi connectivity index (χ0n) is 20.7. The topological polar surface area (TPSA) is 98.0 Å². The molecule has 4 aromatic rings. The van der Waals surface area contributed by atoms with E-state index in [1.807, 2.05) is 38.1 Å². The van der Waals surface area contributed by atoms with Gasteiger partial charge in [0, 0.05) is 16.8 Å². The molecule has 186 valence electrons. The van der Waals surface area contributed by atoms with Crippen LogP contribution in [0.15, 0.2) is 66.7 Å². The second kappa shape index (κ2) is 10.2. The molecule has 0 bridgehead atoms. The molecule has 0 spiro atoms. The quantitative estimate of drug-likeness (QED) is 0.274. The van der Waals surface area contributed by atoms with Crippen LogP contribution in [0, 0.1) is 0 Å². The van der Waals surface area contributed by atoms with E-state index in [4.69, 9.17) is 9.47 Å². The molecule has 36 heavy (non-hydrogen) atoms. The lowest BCUT2D eigenvalue weighted by molar-refractivity contribution is -0.136. The number of carbonyl (C=O) groups is 2. The molecule has 0 saturated carbocycles. The van der Waals surface area contributed by atoms with E-state index in [0.717, 1.165) is 11.3 Å². The van der Waals surface area contributed by atoms with E-state index in [-0.39, 0.29) is 17.4 Å². The van der Waals surface area contributed by atoms with Crippen molar-refractivity contribution in [1.82, 2.24) is 4.57 Å². The number of carboxylic acid groups (broad SMARTS) is 2. The Kier molecular flexibility index (Phi) is 7.01. The monoisotopic (exact) mass is 487 g/mol. The van der Waals surface area contributed by atoms with Crippen LogP contribution in [0.1, 0.15) is 55.2 Å². The van der Waals surface area contributed by atoms with Crippen LogP contribution in [-0.4, -0.2) is 32.8 Å². The van der Waals surface area contributed by atoms with E-state index >= 15 is 0 Å². The zero-order valence-corrected chi connectivity index (χ0v) is 20.7. The number of fused-ring (bicyclic) bond motifs is 1. The van der Waals surface area contributed by atoms with Gasteiger partial charge < -0.3 is 24.3 Å². The molecular weight excluding hydrogens is 458 g/mol. The van der Waals surface area contributed by atoms with Gasteiger partial charge in [-0.2, -0.15) is 0 Å². The highest BCUT2D eigenvalue weighted by Gasteiger charge is 2.25. The maximum atomic E-state index is 12.3. The third kappa shape index (κ3) is 5.20. The third-order valence-corrected chi connectivity index (χ3v) is 5.82. The molecular formula is C29H29NO6. The van der Waals surface area contributed by atoms with Crippen molar-refractivity contribution in [2.45, 2.75) is 46.1 Å². The summed E-state index contributed by atoms with van der Waals surface area (Å²) >= 11 is 0. The van der Waals surface area contributed by atoms with Crippen LogP contribution in [-0.2, 0) is 11.2 Å². The fraction of sp³-hybridized carbons (Fsp3) is 0.241. The Morgan fingerprint density at radius 1 is 0.833 bits per heavy atom. The number of hydrogen-bond acceptors (Lipinski definition) is 4. The Hall–Kier alpha value is -4.26. The summed E-state index contributed by atoms with van der Waals surface area (Å²) in [6.07, 6.45) is -0.380. The number of aromatic nitrogens is 1. The maximum Gasteiger partial charge on any atom is 0.338 e. The molecule has 2 N–H and O–H groups in total. The smallest absolute Gasteiger partial charge is 0.338 e. The number of nitrogens with zero attached hydrogens (tertiary/aromatic N) is 1. The first-order valence-corrected chi connectivity index (χ1v) is 11.8. The molecule has 0 saturated heterocycles. The van der Waals surface area contributed by atoms with Gasteiger partial charge in [0.2, 0.25) is 0 Å². The van der Waals surface area contributed by atoms with E-state index in [1.54, 1.807) is 47.0 Å². The summed E-state index contributed by atoms with van der Waals surface area (Å²) in [5.74, 6) is -0.241. The lowest BCUT2D eigenvalue weighted by atomic mass is 10.0. The number of benzene rings is 3. The second-order valence-corrected chi connectivity index (χ2v) is 9.20. The van der Waals surface area contributed by atoms with Gasteiger partial charge in [0.1, 0.15) is 17.2 Å². The fourth-order valence-electron chi connectivity index (χ4n) is 4.23. The predicted octanol–water partition coefficient (Wildman–Crippen LogP) is 6.66. The molecule has 1 aromatic heterocycles. The molecule has 0 unspecified atom stereocenters. The van der Waals surface area contributed by atoms with Crippen LogP contribution >= 0.6 is 0 Å². The summed E-state index contributed by atoms with van der Waals surface area (Å²) < 4.78 is 13.3. The highest BCUT2D eigenvalue weighted by Crippen LogP contribution is 2.35. The highest BCUT2D eigenvalue weighted by molar-refractivity contribution is 6.07. The zero-order chi connectivity index (χ0) is 26.0. The normalized spacial score (nSPS) is 11.3. The van der Waals surface area contributed by atoms with E-state index in [0.29, 0.717) is 34.0 Å². The first-order valence-electron chi connectivity index (χ1n) is 11.8. The first-order chi connectivity index (χ1) is 17.1. The average molecular weight is 488 g/mol. The molecule has 4 rings (SSSR count). The van der Waals surface area contributed by atoms with Gasteiger partial charge in [0.05, 0.1) is 23.6 Å².